The average Bonchev–Trinajstić information content (AvgIpc) is 2.92. The van der Waals surface area contributed by atoms with Crippen LogP contribution in [0.3, 0.4) is 0 Å². The van der Waals surface area contributed by atoms with Crippen molar-refractivity contribution in [2.24, 2.45) is 10.8 Å². The Balaban J connectivity index is 2.37. The number of hydrogen-bond donors (Lipinski definition) is 0. The normalized spacial score (nSPS) is 17.5. The minimum atomic E-state index is -0.774. The summed E-state index contributed by atoms with van der Waals surface area (Å²) < 4.78 is 5.13. The van der Waals surface area contributed by atoms with Crippen LogP contribution in [0.4, 0.5) is 0 Å². The van der Waals surface area contributed by atoms with Crippen LogP contribution in [0.2, 0.25) is 0 Å². The molecule has 0 N–H and O–H groups in total. The van der Waals surface area contributed by atoms with Crippen molar-refractivity contribution in [1.29, 1.82) is 0 Å². The molecule has 1 aliphatic heterocycles. The van der Waals surface area contributed by atoms with Gasteiger partial charge in [0.1, 0.15) is 0 Å². The standard InChI is InChI=1S/C16H23Se/c1-15(2,3)13-14(16(4,5)6)17(13)12-10-8-7-9-11-12/h7-11H,1-6H3/q+1. The predicted octanol–water partition coefficient (Wildman–Crippen LogP) is 3.87. The maximum atomic E-state index is 2.36. The van der Waals surface area contributed by atoms with Crippen LogP contribution in [-0.4, -0.2) is 13.9 Å². The number of rotatable bonds is 1. The summed E-state index contributed by atoms with van der Waals surface area (Å²) in [5.41, 5.74) is 0.701. The first kappa shape index (κ1) is 12.9. The molecule has 1 aromatic carbocycles. The Bertz CT molecular complexity index is 417. The summed E-state index contributed by atoms with van der Waals surface area (Å²) >= 11 is -0.774. The zero-order valence-corrected chi connectivity index (χ0v) is 13.5. The molecule has 1 heterocycles. The van der Waals surface area contributed by atoms with E-state index in [-0.39, 0.29) is 0 Å². The molecular weight excluding hydrogens is 271 g/mol. The van der Waals surface area contributed by atoms with E-state index < -0.39 is 13.9 Å². The fraction of sp³-hybridized carbons (Fsp3) is 0.500. The van der Waals surface area contributed by atoms with Gasteiger partial charge in [0.05, 0.1) is 0 Å². The maximum absolute atomic E-state index is 2.36. The van der Waals surface area contributed by atoms with Gasteiger partial charge in [-0.25, -0.2) is 0 Å². The van der Waals surface area contributed by atoms with E-state index in [1.165, 1.54) is 0 Å². The van der Waals surface area contributed by atoms with Crippen molar-refractivity contribution in [2.75, 3.05) is 0 Å². The SMILES string of the molecule is CC(C)(C)C1=C(C(C)(C)C)[Se+]1c1ccccc1. The van der Waals surface area contributed by atoms with Crippen LogP contribution in [0, 0.1) is 10.8 Å². The van der Waals surface area contributed by atoms with Crippen LogP contribution in [0.15, 0.2) is 39.3 Å². The zero-order valence-electron chi connectivity index (χ0n) is 11.8. The van der Waals surface area contributed by atoms with Gasteiger partial charge in [-0.3, -0.25) is 0 Å². The van der Waals surface area contributed by atoms with Gasteiger partial charge in [0, 0.05) is 0 Å². The van der Waals surface area contributed by atoms with Crippen molar-refractivity contribution in [3.63, 3.8) is 0 Å². The van der Waals surface area contributed by atoms with Crippen LogP contribution in [-0.2, 0) is 0 Å². The second-order valence-corrected chi connectivity index (χ2v) is 10.8. The number of hydrogen-bond acceptors (Lipinski definition) is 0. The predicted molar refractivity (Wildman–Crippen MR) is 77.8 cm³/mol. The Morgan fingerprint density at radius 1 is 0.706 bits per heavy atom. The molecule has 0 bridgehead atoms. The van der Waals surface area contributed by atoms with E-state index in [1.807, 2.05) is 0 Å². The van der Waals surface area contributed by atoms with Crippen molar-refractivity contribution in [1.82, 2.24) is 0 Å². The Morgan fingerprint density at radius 2 is 1.12 bits per heavy atom. The molecule has 1 heteroatoms. The van der Waals surface area contributed by atoms with Crippen LogP contribution in [0.5, 0.6) is 0 Å². The Morgan fingerprint density at radius 3 is 1.47 bits per heavy atom. The molecule has 0 saturated carbocycles. The van der Waals surface area contributed by atoms with Gasteiger partial charge < -0.3 is 0 Å². The quantitative estimate of drug-likeness (QED) is 0.690. The Labute approximate surface area is 110 Å². The molecule has 0 spiro atoms. The topological polar surface area (TPSA) is 0 Å². The molecule has 0 radical (unpaired) electrons. The molecule has 0 aliphatic carbocycles. The third-order valence-corrected chi connectivity index (χ3v) is 9.19. The molecular formula is C16H23Se+. The van der Waals surface area contributed by atoms with Crippen LogP contribution >= 0.6 is 0 Å². The summed E-state index contributed by atoms with van der Waals surface area (Å²) in [7, 11) is 0. The van der Waals surface area contributed by atoms with Crippen molar-refractivity contribution < 1.29 is 0 Å². The molecule has 0 unspecified atom stereocenters. The third kappa shape index (κ3) is 2.51. The molecule has 0 aromatic heterocycles. The summed E-state index contributed by atoms with van der Waals surface area (Å²) in [4.78, 5) is 0. The monoisotopic (exact) mass is 295 g/mol. The van der Waals surface area contributed by atoms with Gasteiger partial charge in [-0.1, -0.05) is 0 Å². The second kappa shape index (κ2) is 4.00. The van der Waals surface area contributed by atoms with Gasteiger partial charge in [-0.2, -0.15) is 0 Å². The molecule has 0 saturated heterocycles. The molecule has 0 atom stereocenters. The summed E-state index contributed by atoms with van der Waals surface area (Å²) in [5.74, 6) is 0. The van der Waals surface area contributed by atoms with E-state index in [4.69, 9.17) is 0 Å². The van der Waals surface area contributed by atoms with Gasteiger partial charge in [0.15, 0.2) is 0 Å². The number of allylic oxidation sites excluding steroid dienone is 2. The Hall–Kier alpha value is -0.521. The summed E-state index contributed by atoms with van der Waals surface area (Å²) in [6.45, 7) is 14.2. The first-order valence-electron chi connectivity index (χ1n) is 6.27. The van der Waals surface area contributed by atoms with Gasteiger partial charge in [0.2, 0.25) is 0 Å². The van der Waals surface area contributed by atoms with Gasteiger partial charge in [-0.15, -0.1) is 0 Å². The molecule has 92 valence electrons. The fourth-order valence-electron chi connectivity index (χ4n) is 2.23. The summed E-state index contributed by atoms with van der Waals surface area (Å²) in [6.07, 6.45) is 0. The van der Waals surface area contributed by atoms with Crippen molar-refractivity contribution in [3.8, 4) is 0 Å². The van der Waals surface area contributed by atoms with E-state index in [0.29, 0.717) is 10.8 Å². The molecule has 17 heavy (non-hydrogen) atoms. The van der Waals surface area contributed by atoms with Gasteiger partial charge >= 0.3 is 110 Å². The van der Waals surface area contributed by atoms with E-state index in [9.17, 15) is 0 Å². The second-order valence-electron chi connectivity index (χ2n) is 6.78. The van der Waals surface area contributed by atoms with E-state index >= 15 is 0 Å². The molecule has 2 rings (SSSR count). The van der Waals surface area contributed by atoms with E-state index in [0.717, 1.165) is 0 Å². The van der Waals surface area contributed by atoms with Crippen LogP contribution in [0.1, 0.15) is 41.5 Å². The Kier molecular flexibility index (Phi) is 3.04. The third-order valence-electron chi connectivity index (χ3n) is 2.91. The zero-order chi connectivity index (χ0) is 12.8. The van der Waals surface area contributed by atoms with Crippen LogP contribution in [0.25, 0.3) is 0 Å². The first-order chi connectivity index (χ1) is 7.73. The van der Waals surface area contributed by atoms with E-state index in [1.54, 1.807) is 13.4 Å². The average molecular weight is 294 g/mol. The summed E-state index contributed by atoms with van der Waals surface area (Å²) in [5, 5.41) is 0. The molecule has 1 aliphatic rings. The molecule has 0 fully saturated rings. The minimum absolute atomic E-state index is 0.350. The van der Waals surface area contributed by atoms with Crippen molar-refractivity contribution in [2.45, 2.75) is 41.5 Å². The number of benzene rings is 1. The molecule has 0 nitrogen and oxygen atoms in total. The van der Waals surface area contributed by atoms with Crippen molar-refractivity contribution >= 4 is 18.4 Å². The summed E-state index contributed by atoms with van der Waals surface area (Å²) in [6, 6.07) is 11.1. The molecule has 1 aromatic rings. The van der Waals surface area contributed by atoms with Crippen molar-refractivity contribution in [3.05, 3.63) is 39.3 Å². The van der Waals surface area contributed by atoms with Gasteiger partial charge in [0.25, 0.3) is 0 Å². The molecule has 0 amide bonds. The van der Waals surface area contributed by atoms with E-state index in [2.05, 4.69) is 71.9 Å². The van der Waals surface area contributed by atoms with Crippen LogP contribution < -0.4 is 4.46 Å². The fourth-order valence-corrected chi connectivity index (χ4v) is 9.06. The first-order valence-corrected chi connectivity index (χ1v) is 8.84. The van der Waals surface area contributed by atoms with Gasteiger partial charge in [-0.05, 0) is 0 Å².